The molecule has 0 rings (SSSR count). The van der Waals surface area contributed by atoms with Crippen LogP contribution in [0.3, 0.4) is 0 Å². The van der Waals surface area contributed by atoms with Crippen molar-refractivity contribution in [3.05, 3.63) is 0 Å². The molecule has 0 bridgehead atoms. The summed E-state index contributed by atoms with van der Waals surface area (Å²) in [5, 5.41) is 0. The zero-order chi connectivity index (χ0) is 6.08. The summed E-state index contributed by atoms with van der Waals surface area (Å²) in [6.45, 7) is 6.03. The van der Waals surface area contributed by atoms with Crippen LogP contribution in [0.5, 0.6) is 0 Å². The summed E-state index contributed by atoms with van der Waals surface area (Å²) in [6.07, 6.45) is 0. The maximum Gasteiger partial charge on any atom is 0.0582 e. The summed E-state index contributed by atoms with van der Waals surface area (Å²) in [4.78, 5) is 0. The van der Waals surface area contributed by atoms with E-state index in [1.165, 1.54) is 0 Å². The van der Waals surface area contributed by atoms with Gasteiger partial charge in [0.05, 0.1) is 15.7 Å². The second-order valence-corrected chi connectivity index (χ2v) is 2.89. The fourth-order valence-electron chi connectivity index (χ4n) is 0. The van der Waals surface area contributed by atoms with Gasteiger partial charge in [0.1, 0.15) is 0 Å². The van der Waals surface area contributed by atoms with Gasteiger partial charge < -0.3 is 0 Å². The molecule has 0 aromatic rings. The van der Waals surface area contributed by atoms with Crippen molar-refractivity contribution in [2.75, 3.05) is 0 Å². The van der Waals surface area contributed by atoms with Crippen LogP contribution in [-0.4, -0.2) is 15.7 Å². The Morgan fingerprint density at radius 3 is 1.29 bits per heavy atom. The van der Waals surface area contributed by atoms with Crippen LogP contribution in [0.1, 0.15) is 20.8 Å². The van der Waals surface area contributed by atoms with E-state index in [2.05, 4.69) is 0 Å². The van der Waals surface area contributed by atoms with Crippen molar-refractivity contribution in [3.63, 3.8) is 0 Å². The molecule has 0 aliphatic heterocycles. The second-order valence-electron chi connectivity index (χ2n) is 2.89. The standard InChI is InChI=1S/C5H10B2/c1-5(2,3)4(6)7/h4H,1-3H3. The molecule has 36 valence electrons. The van der Waals surface area contributed by atoms with E-state index in [0.29, 0.717) is 0 Å². The Morgan fingerprint density at radius 2 is 1.29 bits per heavy atom. The molecule has 0 fully saturated rings. The van der Waals surface area contributed by atoms with Gasteiger partial charge in [0.15, 0.2) is 0 Å². The third-order valence-electron chi connectivity index (χ3n) is 1.00. The quantitative estimate of drug-likeness (QED) is 0.392. The Labute approximate surface area is 48.5 Å². The number of hydrogen-bond donors (Lipinski definition) is 0. The summed E-state index contributed by atoms with van der Waals surface area (Å²) < 4.78 is 0. The van der Waals surface area contributed by atoms with Crippen LogP contribution >= 0.6 is 0 Å². The lowest BCUT2D eigenvalue weighted by Crippen LogP contribution is -2.14. The predicted molar refractivity (Wildman–Crippen MR) is 34.7 cm³/mol. The molecule has 0 aromatic carbocycles. The lowest BCUT2D eigenvalue weighted by atomic mass is 9.57. The first kappa shape index (κ1) is 7.13. The van der Waals surface area contributed by atoms with E-state index in [4.69, 9.17) is 15.7 Å². The molecule has 0 heterocycles. The molecule has 0 aliphatic carbocycles. The van der Waals surface area contributed by atoms with Crippen molar-refractivity contribution in [1.82, 2.24) is 0 Å². The Kier molecular flexibility index (Phi) is 1.97. The van der Waals surface area contributed by atoms with E-state index >= 15 is 0 Å². The normalized spacial score (nSPS) is 12.6. The molecule has 0 saturated heterocycles. The molecule has 0 saturated carbocycles. The van der Waals surface area contributed by atoms with Gasteiger partial charge in [-0.05, 0) is 0 Å². The van der Waals surface area contributed by atoms with Gasteiger partial charge in [0, 0.05) is 0 Å². The van der Waals surface area contributed by atoms with Crippen molar-refractivity contribution in [1.29, 1.82) is 0 Å². The largest absolute Gasteiger partial charge is 0.105 e. The van der Waals surface area contributed by atoms with Crippen LogP contribution in [0.15, 0.2) is 0 Å². The average Bonchev–Trinajstić information content (AvgIpc) is 1.31. The molecule has 7 heavy (non-hydrogen) atoms. The van der Waals surface area contributed by atoms with Gasteiger partial charge in [0.2, 0.25) is 0 Å². The van der Waals surface area contributed by atoms with Crippen molar-refractivity contribution in [2.45, 2.75) is 26.5 Å². The zero-order valence-electron chi connectivity index (χ0n) is 5.23. The molecule has 0 aliphatic rings. The second kappa shape index (κ2) is 1.94. The SMILES string of the molecule is [B]C([B])C(C)(C)C. The van der Waals surface area contributed by atoms with Crippen LogP contribution in [-0.2, 0) is 0 Å². The maximum absolute atomic E-state index is 5.35. The van der Waals surface area contributed by atoms with Gasteiger partial charge in [-0.15, -0.1) is 5.72 Å². The van der Waals surface area contributed by atoms with E-state index in [9.17, 15) is 0 Å². The van der Waals surface area contributed by atoms with Crippen molar-refractivity contribution in [3.8, 4) is 0 Å². The molecule has 4 radical (unpaired) electrons. The summed E-state index contributed by atoms with van der Waals surface area (Å²) in [6, 6.07) is 0. The Balaban J connectivity index is 3.54. The van der Waals surface area contributed by atoms with Gasteiger partial charge >= 0.3 is 0 Å². The fourth-order valence-corrected chi connectivity index (χ4v) is 0. The summed E-state index contributed by atoms with van der Waals surface area (Å²) in [5.74, 6) is 0. The van der Waals surface area contributed by atoms with E-state index in [-0.39, 0.29) is 11.1 Å². The topological polar surface area (TPSA) is 0 Å². The highest BCUT2D eigenvalue weighted by molar-refractivity contribution is 6.35. The number of rotatable bonds is 0. The Morgan fingerprint density at radius 1 is 1.14 bits per heavy atom. The average molecular weight is 91.8 g/mol. The van der Waals surface area contributed by atoms with Gasteiger partial charge in [-0.3, -0.25) is 0 Å². The molecule has 0 atom stereocenters. The van der Waals surface area contributed by atoms with Gasteiger partial charge in [-0.2, -0.15) is 0 Å². The monoisotopic (exact) mass is 92.1 g/mol. The highest BCUT2D eigenvalue weighted by atomic mass is 14.1. The minimum atomic E-state index is -0.201. The zero-order valence-corrected chi connectivity index (χ0v) is 5.23. The molecule has 0 aromatic heterocycles. The van der Waals surface area contributed by atoms with Crippen molar-refractivity contribution >= 4 is 15.7 Å². The van der Waals surface area contributed by atoms with E-state index < -0.39 is 0 Å². The van der Waals surface area contributed by atoms with Gasteiger partial charge in [-0.1, -0.05) is 26.2 Å². The Bertz CT molecular complexity index is 51.6. The van der Waals surface area contributed by atoms with Crippen LogP contribution in [0.25, 0.3) is 0 Å². The maximum atomic E-state index is 5.35. The van der Waals surface area contributed by atoms with E-state index in [1.807, 2.05) is 20.8 Å². The smallest absolute Gasteiger partial charge is 0.0582 e. The third kappa shape index (κ3) is 2.78. The first-order valence-corrected chi connectivity index (χ1v) is 2.46. The first-order valence-electron chi connectivity index (χ1n) is 2.46. The van der Waals surface area contributed by atoms with Crippen LogP contribution in [0, 0.1) is 5.41 Å². The van der Waals surface area contributed by atoms with Crippen LogP contribution in [0.4, 0.5) is 0 Å². The predicted octanol–water partition coefficient (Wildman–Crippen LogP) is 1.12. The minimum Gasteiger partial charge on any atom is -0.105 e. The van der Waals surface area contributed by atoms with Crippen molar-refractivity contribution in [2.24, 2.45) is 5.41 Å². The molecule has 2 heteroatoms. The molecule has 0 spiro atoms. The van der Waals surface area contributed by atoms with Crippen molar-refractivity contribution < 1.29 is 0 Å². The molecular weight excluding hydrogens is 81.7 g/mol. The highest BCUT2D eigenvalue weighted by Gasteiger charge is 2.12. The fraction of sp³-hybridized carbons (Fsp3) is 1.00. The first-order chi connectivity index (χ1) is 2.94. The summed E-state index contributed by atoms with van der Waals surface area (Å²) >= 11 is 0. The number of hydrogen-bond acceptors (Lipinski definition) is 0. The molecule has 0 N–H and O–H groups in total. The molecule has 0 unspecified atom stereocenters. The highest BCUT2D eigenvalue weighted by Crippen LogP contribution is 2.24. The lowest BCUT2D eigenvalue weighted by Gasteiger charge is -2.23. The molecule has 0 nitrogen and oxygen atoms in total. The van der Waals surface area contributed by atoms with Crippen LogP contribution < -0.4 is 0 Å². The van der Waals surface area contributed by atoms with Gasteiger partial charge in [0.25, 0.3) is 0 Å². The third-order valence-corrected chi connectivity index (χ3v) is 1.00. The van der Waals surface area contributed by atoms with Crippen LogP contribution in [0.2, 0.25) is 5.72 Å². The molecule has 0 amide bonds. The lowest BCUT2D eigenvalue weighted by molar-refractivity contribution is 0.444. The van der Waals surface area contributed by atoms with E-state index in [1.54, 1.807) is 0 Å². The summed E-state index contributed by atoms with van der Waals surface area (Å²) in [7, 11) is 10.7. The minimum absolute atomic E-state index is 0.0556. The van der Waals surface area contributed by atoms with E-state index in [0.717, 1.165) is 0 Å². The molecular formula is C5H10B2. The van der Waals surface area contributed by atoms with Gasteiger partial charge in [-0.25, -0.2) is 0 Å². The summed E-state index contributed by atoms with van der Waals surface area (Å²) in [5.41, 5.74) is -0.146. The Hall–Kier alpha value is 0.130.